The lowest BCUT2D eigenvalue weighted by atomic mass is 10.1. The number of thiocarbonyl (C=S) groups is 1. The first-order valence-electron chi connectivity index (χ1n) is 5.81. The number of carbonyl (C=O) groups excluding carboxylic acids is 1. The van der Waals surface area contributed by atoms with Gasteiger partial charge in [-0.3, -0.25) is 4.79 Å². The summed E-state index contributed by atoms with van der Waals surface area (Å²) in [6, 6.07) is 8.47. The number of rotatable bonds is 3. The van der Waals surface area contributed by atoms with E-state index in [4.69, 9.17) is 29.6 Å². The molecule has 2 aromatic rings. The predicted molar refractivity (Wildman–Crippen MR) is 85.1 cm³/mol. The third-order valence-corrected chi connectivity index (χ3v) is 3.19. The van der Waals surface area contributed by atoms with Crippen LogP contribution in [-0.4, -0.2) is 21.1 Å². The molecule has 2 rings (SSSR count). The molecule has 7 heteroatoms. The van der Waals surface area contributed by atoms with Gasteiger partial charge in [-0.05, 0) is 36.4 Å². The van der Waals surface area contributed by atoms with Gasteiger partial charge in [0.25, 0.3) is 5.91 Å². The number of nitrogens with one attached hydrogen (secondary N) is 1. The monoisotopic (exact) mass is 322 g/mol. The van der Waals surface area contributed by atoms with Gasteiger partial charge in [-0.15, -0.1) is 0 Å². The smallest absolute Gasteiger partial charge is 0.255 e. The summed E-state index contributed by atoms with van der Waals surface area (Å²) in [6.07, 6.45) is 0. The van der Waals surface area contributed by atoms with Crippen LogP contribution in [0.5, 0.6) is 11.5 Å². The normalized spacial score (nSPS) is 10.1. The molecule has 0 aliphatic rings. The highest BCUT2D eigenvalue weighted by molar-refractivity contribution is 7.80. The van der Waals surface area contributed by atoms with E-state index in [0.717, 1.165) is 6.07 Å². The fourth-order valence-electron chi connectivity index (χ4n) is 1.69. The molecule has 21 heavy (non-hydrogen) atoms. The topological polar surface area (TPSA) is 95.6 Å². The summed E-state index contributed by atoms with van der Waals surface area (Å²) in [5.41, 5.74) is 6.60. The van der Waals surface area contributed by atoms with Crippen molar-refractivity contribution in [3.63, 3.8) is 0 Å². The average Bonchev–Trinajstić information content (AvgIpc) is 2.41. The number of halogens is 1. The molecule has 5 N–H and O–H groups in total. The van der Waals surface area contributed by atoms with Gasteiger partial charge >= 0.3 is 0 Å². The van der Waals surface area contributed by atoms with E-state index in [0.29, 0.717) is 16.3 Å². The SMILES string of the molecule is NC(=S)c1ccc(Cl)cc1NC(=O)c1ccc(O)c(O)c1. The molecule has 0 heterocycles. The molecule has 1 amide bonds. The third kappa shape index (κ3) is 3.42. The van der Waals surface area contributed by atoms with E-state index in [1.807, 2.05) is 0 Å². The fourth-order valence-corrected chi connectivity index (χ4v) is 2.04. The maximum Gasteiger partial charge on any atom is 0.255 e. The molecule has 0 fully saturated rings. The molecule has 0 atom stereocenters. The van der Waals surface area contributed by atoms with Gasteiger partial charge < -0.3 is 21.3 Å². The van der Waals surface area contributed by atoms with Gasteiger partial charge in [0.05, 0.1) is 5.69 Å². The number of nitrogens with two attached hydrogens (primary N) is 1. The third-order valence-electron chi connectivity index (χ3n) is 2.73. The standard InChI is InChI=1S/C14H11ClN2O3S/c15-8-2-3-9(13(16)21)10(6-8)17-14(20)7-1-4-11(18)12(19)5-7/h1-6,18-19H,(H2,16,21)(H,17,20). The second-order valence-electron chi connectivity index (χ2n) is 4.21. The van der Waals surface area contributed by atoms with Crippen molar-refractivity contribution in [1.29, 1.82) is 0 Å². The van der Waals surface area contributed by atoms with Crippen molar-refractivity contribution >= 4 is 40.4 Å². The van der Waals surface area contributed by atoms with Gasteiger partial charge in [-0.1, -0.05) is 23.8 Å². The summed E-state index contributed by atoms with van der Waals surface area (Å²) < 4.78 is 0. The molecule has 5 nitrogen and oxygen atoms in total. The summed E-state index contributed by atoms with van der Waals surface area (Å²) in [4.78, 5) is 12.3. The minimum Gasteiger partial charge on any atom is -0.504 e. The Morgan fingerprint density at radius 3 is 2.48 bits per heavy atom. The van der Waals surface area contributed by atoms with Crippen LogP contribution in [0.15, 0.2) is 36.4 Å². The van der Waals surface area contributed by atoms with Crippen LogP contribution in [-0.2, 0) is 0 Å². The molecule has 0 saturated heterocycles. The molecule has 0 aliphatic carbocycles. The lowest BCUT2D eigenvalue weighted by Gasteiger charge is -2.11. The lowest BCUT2D eigenvalue weighted by Crippen LogP contribution is -2.17. The molecule has 0 unspecified atom stereocenters. The van der Waals surface area contributed by atoms with E-state index in [-0.39, 0.29) is 22.1 Å². The first-order valence-corrected chi connectivity index (χ1v) is 6.60. The Morgan fingerprint density at radius 1 is 1.14 bits per heavy atom. The Morgan fingerprint density at radius 2 is 1.86 bits per heavy atom. The van der Waals surface area contributed by atoms with Gasteiger partial charge in [0, 0.05) is 16.1 Å². The second kappa shape index (κ2) is 5.99. The predicted octanol–water partition coefficient (Wildman–Crippen LogP) is 2.64. The maximum absolute atomic E-state index is 12.1. The van der Waals surface area contributed by atoms with E-state index in [1.54, 1.807) is 12.1 Å². The zero-order valence-electron chi connectivity index (χ0n) is 10.6. The van der Waals surface area contributed by atoms with Crippen molar-refractivity contribution < 1.29 is 15.0 Å². The summed E-state index contributed by atoms with van der Waals surface area (Å²) in [5, 5.41) is 21.7. The Bertz CT molecular complexity index is 734. The lowest BCUT2D eigenvalue weighted by molar-refractivity contribution is 0.102. The van der Waals surface area contributed by atoms with E-state index in [2.05, 4.69) is 5.32 Å². The fraction of sp³-hybridized carbons (Fsp3) is 0. The number of amides is 1. The molecule has 2 aromatic carbocycles. The molecule has 0 aliphatic heterocycles. The van der Waals surface area contributed by atoms with Crippen LogP contribution in [0.4, 0.5) is 5.69 Å². The number of hydrogen-bond acceptors (Lipinski definition) is 4. The van der Waals surface area contributed by atoms with Crippen LogP contribution in [0.25, 0.3) is 0 Å². The van der Waals surface area contributed by atoms with Crippen molar-refractivity contribution in [1.82, 2.24) is 0 Å². The van der Waals surface area contributed by atoms with Crippen LogP contribution >= 0.6 is 23.8 Å². The molecule has 0 aromatic heterocycles. The first kappa shape index (κ1) is 15.1. The van der Waals surface area contributed by atoms with Gasteiger partial charge in [-0.2, -0.15) is 0 Å². The number of carbonyl (C=O) groups is 1. The van der Waals surface area contributed by atoms with Crippen molar-refractivity contribution in [3.05, 3.63) is 52.5 Å². The highest BCUT2D eigenvalue weighted by atomic mass is 35.5. The highest BCUT2D eigenvalue weighted by Gasteiger charge is 2.13. The van der Waals surface area contributed by atoms with Crippen molar-refractivity contribution in [2.75, 3.05) is 5.32 Å². The van der Waals surface area contributed by atoms with Crippen LogP contribution in [0, 0.1) is 0 Å². The number of hydrogen-bond donors (Lipinski definition) is 4. The summed E-state index contributed by atoms with van der Waals surface area (Å²) in [6.45, 7) is 0. The summed E-state index contributed by atoms with van der Waals surface area (Å²) in [5.74, 6) is -1.19. The quantitative estimate of drug-likeness (QED) is 0.514. The minimum absolute atomic E-state index is 0.121. The van der Waals surface area contributed by atoms with Gasteiger partial charge in [0.1, 0.15) is 4.99 Å². The molecule has 0 bridgehead atoms. The second-order valence-corrected chi connectivity index (χ2v) is 5.09. The number of phenolic OH excluding ortho intramolecular Hbond substituents is 2. The zero-order chi connectivity index (χ0) is 15.6. The minimum atomic E-state index is -0.495. The van der Waals surface area contributed by atoms with Gasteiger partial charge in [-0.25, -0.2) is 0 Å². The molecule has 0 radical (unpaired) electrons. The Hall–Kier alpha value is -2.31. The molecule has 108 valence electrons. The highest BCUT2D eigenvalue weighted by Crippen LogP contribution is 2.26. The largest absolute Gasteiger partial charge is 0.504 e. The zero-order valence-corrected chi connectivity index (χ0v) is 12.2. The van der Waals surface area contributed by atoms with Crippen LogP contribution in [0.3, 0.4) is 0 Å². The summed E-state index contributed by atoms with van der Waals surface area (Å²) >= 11 is 10.8. The van der Waals surface area contributed by atoms with Crippen LogP contribution in [0.1, 0.15) is 15.9 Å². The summed E-state index contributed by atoms with van der Waals surface area (Å²) in [7, 11) is 0. The number of phenols is 2. The van der Waals surface area contributed by atoms with E-state index in [9.17, 15) is 15.0 Å². The number of anilines is 1. The molecule has 0 spiro atoms. The van der Waals surface area contributed by atoms with Crippen molar-refractivity contribution in [2.45, 2.75) is 0 Å². The Labute approximate surface area is 131 Å². The van der Waals surface area contributed by atoms with Crippen LogP contribution < -0.4 is 11.1 Å². The first-order chi connectivity index (χ1) is 9.88. The maximum atomic E-state index is 12.1. The Kier molecular flexibility index (Phi) is 4.30. The van der Waals surface area contributed by atoms with Gasteiger partial charge in [0.15, 0.2) is 11.5 Å². The van der Waals surface area contributed by atoms with Crippen molar-refractivity contribution in [2.24, 2.45) is 5.73 Å². The molecular formula is C14H11ClN2O3S. The van der Waals surface area contributed by atoms with E-state index >= 15 is 0 Å². The van der Waals surface area contributed by atoms with Crippen molar-refractivity contribution in [3.8, 4) is 11.5 Å². The van der Waals surface area contributed by atoms with E-state index in [1.165, 1.54) is 18.2 Å². The van der Waals surface area contributed by atoms with E-state index < -0.39 is 5.91 Å². The molecular weight excluding hydrogens is 312 g/mol. The average molecular weight is 323 g/mol. The number of benzene rings is 2. The molecule has 0 saturated carbocycles. The Balaban J connectivity index is 2.33. The van der Waals surface area contributed by atoms with Gasteiger partial charge in [0.2, 0.25) is 0 Å². The number of aromatic hydroxyl groups is 2. The van der Waals surface area contributed by atoms with Crippen LogP contribution in [0.2, 0.25) is 5.02 Å².